The molecule has 108 valence electrons. The van der Waals surface area contributed by atoms with Crippen molar-refractivity contribution in [2.24, 2.45) is 0 Å². The number of rotatable bonds is 5. The van der Waals surface area contributed by atoms with Crippen LogP contribution in [0.5, 0.6) is 0 Å². The van der Waals surface area contributed by atoms with Gasteiger partial charge in [-0.25, -0.2) is 0 Å². The van der Waals surface area contributed by atoms with Crippen LogP contribution in [0.4, 0.5) is 0 Å². The Balaban J connectivity index is 1.72. The Morgan fingerprint density at radius 1 is 1.21 bits per heavy atom. The van der Waals surface area contributed by atoms with Crippen molar-refractivity contribution in [3.8, 4) is 0 Å². The van der Waals surface area contributed by atoms with E-state index in [4.69, 9.17) is 4.74 Å². The standard InChI is InChI=1S/C14H24N2O3/c1-2-19-14(18)7-6-13(17)15-11-8-10-16-9-4-3-5-12(11)16/h11-12H,2-10H2,1H3,(H,15,17). The minimum Gasteiger partial charge on any atom is -0.466 e. The number of nitrogens with one attached hydrogen (secondary N) is 1. The van der Waals surface area contributed by atoms with Crippen LogP contribution in [-0.4, -0.2) is 48.6 Å². The van der Waals surface area contributed by atoms with Gasteiger partial charge in [-0.05, 0) is 32.7 Å². The summed E-state index contributed by atoms with van der Waals surface area (Å²) in [5.41, 5.74) is 0. The second-order valence-corrected chi connectivity index (χ2v) is 5.37. The van der Waals surface area contributed by atoms with Crippen molar-refractivity contribution in [3.05, 3.63) is 0 Å². The van der Waals surface area contributed by atoms with Gasteiger partial charge in [0.25, 0.3) is 0 Å². The van der Waals surface area contributed by atoms with Crippen molar-refractivity contribution >= 4 is 11.9 Å². The van der Waals surface area contributed by atoms with Crippen molar-refractivity contribution in [2.75, 3.05) is 19.7 Å². The number of ether oxygens (including phenoxy) is 1. The first-order valence-corrected chi connectivity index (χ1v) is 7.39. The van der Waals surface area contributed by atoms with Gasteiger partial charge in [-0.15, -0.1) is 0 Å². The lowest BCUT2D eigenvalue weighted by atomic mass is 9.99. The number of carbonyl (C=O) groups excluding carboxylic acids is 2. The normalized spacial score (nSPS) is 26.8. The van der Waals surface area contributed by atoms with Crippen LogP contribution >= 0.6 is 0 Å². The first-order chi connectivity index (χ1) is 9.20. The molecule has 2 aliphatic rings. The Bertz CT molecular complexity index is 333. The topological polar surface area (TPSA) is 58.6 Å². The summed E-state index contributed by atoms with van der Waals surface area (Å²) in [5, 5.41) is 3.09. The third kappa shape index (κ3) is 3.93. The second-order valence-electron chi connectivity index (χ2n) is 5.37. The molecular weight excluding hydrogens is 244 g/mol. The summed E-state index contributed by atoms with van der Waals surface area (Å²) >= 11 is 0. The van der Waals surface area contributed by atoms with Gasteiger partial charge in [0.2, 0.25) is 5.91 Å². The number of carbonyl (C=O) groups is 2. The second kappa shape index (κ2) is 6.89. The summed E-state index contributed by atoms with van der Waals surface area (Å²) in [6.45, 7) is 4.40. The Labute approximate surface area is 114 Å². The maximum Gasteiger partial charge on any atom is 0.306 e. The van der Waals surface area contributed by atoms with E-state index in [1.165, 1.54) is 25.8 Å². The number of amides is 1. The predicted molar refractivity (Wildman–Crippen MR) is 71.6 cm³/mol. The summed E-state index contributed by atoms with van der Waals surface area (Å²) in [6, 6.07) is 0.787. The quantitative estimate of drug-likeness (QED) is 0.758. The summed E-state index contributed by atoms with van der Waals surface area (Å²) in [4.78, 5) is 25.5. The van der Waals surface area contributed by atoms with Crippen molar-refractivity contribution in [1.82, 2.24) is 10.2 Å². The lowest BCUT2D eigenvalue weighted by Gasteiger charge is -2.32. The molecule has 0 saturated carbocycles. The van der Waals surface area contributed by atoms with Crippen LogP contribution in [0.2, 0.25) is 0 Å². The number of hydrogen-bond donors (Lipinski definition) is 1. The fourth-order valence-corrected chi connectivity index (χ4v) is 3.14. The minimum absolute atomic E-state index is 0.0227. The molecule has 0 aromatic heterocycles. The smallest absolute Gasteiger partial charge is 0.306 e. The molecule has 2 fully saturated rings. The van der Waals surface area contributed by atoms with Crippen molar-refractivity contribution in [1.29, 1.82) is 0 Å². The van der Waals surface area contributed by atoms with Gasteiger partial charge in [-0.2, -0.15) is 0 Å². The molecule has 1 amide bonds. The monoisotopic (exact) mass is 268 g/mol. The van der Waals surface area contributed by atoms with E-state index in [1.807, 2.05) is 0 Å². The van der Waals surface area contributed by atoms with E-state index in [9.17, 15) is 9.59 Å². The zero-order chi connectivity index (χ0) is 13.7. The molecule has 0 spiro atoms. The molecule has 5 heteroatoms. The molecular formula is C14H24N2O3. The molecule has 2 atom stereocenters. The fourth-order valence-electron chi connectivity index (χ4n) is 3.14. The highest BCUT2D eigenvalue weighted by atomic mass is 16.5. The Morgan fingerprint density at radius 3 is 2.84 bits per heavy atom. The summed E-state index contributed by atoms with van der Waals surface area (Å²) in [7, 11) is 0. The molecule has 0 aromatic carbocycles. The summed E-state index contributed by atoms with van der Waals surface area (Å²) in [5.74, 6) is -0.311. The molecule has 2 heterocycles. The summed E-state index contributed by atoms with van der Waals surface area (Å²) < 4.78 is 4.82. The largest absolute Gasteiger partial charge is 0.466 e. The highest BCUT2D eigenvalue weighted by molar-refractivity contribution is 5.81. The van der Waals surface area contributed by atoms with Crippen LogP contribution < -0.4 is 5.32 Å². The third-order valence-electron chi connectivity index (χ3n) is 4.06. The molecule has 2 rings (SSSR count). The van der Waals surface area contributed by atoms with Gasteiger partial charge in [0, 0.05) is 25.0 Å². The lowest BCUT2D eigenvalue weighted by Crippen LogP contribution is -2.46. The van der Waals surface area contributed by atoms with E-state index in [0.29, 0.717) is 12.6 Å². The Kier molecular flexibility index (Phi) is 5.19. The van der Waals surface area contributed by atoms with Gasteiger partial charge in [-0.3, -0.25) is 14.5 Å². The molecule has 19 heavy (non-hydrogen) atoms. The highest BCUT2D eigenvalue weighted by Crippen LogP contribution is 2.27. The Hall–Kier alpha value is -1.10. The van der Waals surface area contributed by atoms with Gasteiger partial charge >= 0.3 is 5.97 Å². The van der Waals surface area contributed by atoms with Gasteiger partial charge < -0.3 is 10.1 Å². The first kappa shape index (κ1) is 14.3. The van der Waals surface area contributed by atoms with Crippen molar-refractivity contribution in [2.45, 2.75) is 57.5 Å². The maximum absolute atomic E-state index is 11.8. The Morgan fingerprint density at radius 2 is 2.05 bits per heavy atom. The van der Waals surface area contributed by atoms with E-state index >= 15 is 0 Å². The van der Waals surface area contributed by atoms with E-state index in [0.717, 1.165) is 13.0 Å². The van der Waals surface area contributed by atoms with Gasteiger partial charge in [0.05, 0.1) is 13.0 Å². The van der Waals surface area contributed by atoms with Gasteiger partial charge in [-0.1, -0.05) is 6.42 Å². The average molecular weight is 268 g/mol. The highest BCUT2D eigenvalue weighted by Gasteiger charge is 2.36. The number of hydrogen-bond acceptors (Lipinski definition) is 4. The minimum atomic E-state index is -0.289. The molecule has 0 radical (unpaired) electrons. The predicted octanol–water partition coefficient (Wildman–Crippen LogP) is 1.07. The molecule has 0 aliphatic carbocycles. The SMILES string of the molecule is CCOC(=O)CCC(=O)NC1CCN2CCCCC12. The van der Waals surface area contributed by atoms with Crippen molar-refractivity contribution in [3.63, 3.8) is 0 Å². The van der Waals surface area contributed by atoms with E-state index in [-0.39, 0.29) is 30.8 Å². The average Bonchev–Trinajstić information content (AvgIpc) is 2.80. The van der Waals surface area contributed by atoms with Gasteiger partial charge in [0.15, 0.2) is 0 Å². The van der Waals surface area contributed by atoms with Crippen LogP contribution in [0.1, 0.15) is 45.4 Å². The zero-order valence-electron chi connectivity index (χ0n) is 11.7. The maximum atomic E-state index is 11.8. The molecule has 2 unspecified atom stereocenters. The van der Waals surface area contributed by atoms with E-state index < -0.39 is 0 Å². The van der Waals surface area contributed by atoms with E-state index in [1.54, 1.807) is 6.92 Å². The van der Waals surface area contributed by atoms with Crippen LogP contribution in [0, 0.1) is 0 Å². The molecule has 2 aliphatic heterocycles. The lowest BCUT2D eigenvalue weighted by molar-refractivity contribution is -0.144. The number of fused-ring (bicyclic) bond motifs is 1. The fraction of sp³-hybridized carbons (Fsp3) is 0.857. The molecule has 5 nitrogen and oxygen atoms in total. The van der Waals surface area contributed by atoms with Crippen LogP contribution in [0.25, 0.3) is 0 Å². The number of nitrogens with zero attached hydrogens (tertiary/aromatic N) is 1. The third-order valence-corrected chi connectivity index (χ3v) is 4.06. The number of esters is 1. The molecule has 2 saturated heterocycles. The van der Waals surface area contributed by atoms with Crippen LogP contribution in [0.3, 0.4) is 0 Å². The first-order valence-electron chi connectivity index (χ1n) is 7.39. The van der Waals surface area contributed by atoms with Gasteiger partial charge in [0.1, 0.15) is 0 Å². The van der Waals surface area contributed by atoms with Crippen LogP contribution in [-0.2, 0) is 14.3 Å². The van der Waals surface area contributed by atoms with Crippen molar-refractivity contribution < 1.29 is 14.3 Å². The zero-order valence-corrected chi connectivity index (χ0v) is 11.7. The van der Waals surface area contributed by atoms with E-state index in [2.05, 4.69) is 10.2 Å². The molecule has 1 N–H and O–H groups in total. The summed E-state index contributed by atoms with van der Waals surface area (Å²) in [6.07, 6.45) is 5.18. The molecule has 0 bridgehead atoms. The molecule has 0 aromatic rings. The van der Waals surface area contributed by atoms with Crippen LogP contribution in [0.15, 0.2) is 0 Å². The number of piperidine rings is 1.